The van der Waals surface area contributed by atoms with Gasteiger partial charge < -0.3 is 15.4 Å². The summed E-state index contributed by atoms with van der Waals surface area (Å²) in [5.74, 6) is 0.589. The molecule has 80 valence electrons. The maximum atomic E-state index is 7.32. The van der Waals surface area contributed by atoms with Crippen LogP contribution in [0.1, 0.15) is 6.92 Å². The second-order valence-electron chi connectivity index (χ2n) is 2.16. The van der Waals surface area contributed by atoms with Crippen LogP contribution in [0.2, 0.25) is 0 Å². The van der Waals surface area contributed by atoms with Crippen LogP contribution in [0.3, 0.4) is 0 Å². The van der Waals surface area contributed by atoms with Gasteiger partial charge in [0, 0.05) is 13.3 Å². The van der Waals surface area contributed by atoms with Gasteiger partial charge in [-0.25, -0.2) is 5.48 Å². The predicted octanol–water partition coefficient (Wildman–Crippen LogP) is 1.89. The largest absolute Gasteiger partial charge is 0.497 e. The average Bonchev–Trinajstić information content (AvgIpc) is 2.20. The Morgan fingerprint density at radius 1 is 1.50 bits per heavy atom. The van der Waals surface area contributed by atoms with Crippen molar-refractivity contribution < 1.29 is 9.94 Å². The summed E-state index contributed by atoms with van der Waals surface area (Å²) < 4.78 is 4.81. The first kappa shape index (κ1) is 15.1. The molecule has 0 aromatic carbocycles. The molecule has 0 aromatic rings. The number of rotatable bonds is 4. The molecule has 0 spiro atoms. The fourth-order valence-corrected chi connectivity index (χ4v) is 0.485. The quantitative estimate of drug-likeness (QED) is 0.280. The van der Waals surface area contributed by atoms with Crippen molar-refractivity contribution in [2.24, 2.45) is 0 Å². The Morgan fingerprint density at radius 3 is 2.29 bits per heavy atom. The first-order valence-electron chi connectivity index (χ1n) is 4.04. The van der Waals surface area contributed by atoms with Crippen LogP contribution in [0.25, 0.3) is 0 Å². The molecule has 0 rings (SSSR count). The molecule has 0 unspecified atom stereocenters. The number of ether oxygens (including phenoxy) is 1. The normalized spacial score (nSPS) is 10.4. The third kappa shape index (κ3) is 10.6. The minimum atomic E-state index is 0.589. The fourth-order valence-electron chi connectivity index (χ4n) is 0.485. The summed E-state index contributed by atoms with van der Waals surface area (Å²) in [4.78, 5) is 0. The molecule has 0 aliphatic rings. The molecule has 4 nitrogen and oxygen atoms in total. The molecular formula is C10H18N2O2. The zero-order valence-electron chi connectivity index (χ0n) is 8.87. The van der Waals surface area contributed by atoms with Crippen molar-refractivity contribution >= 4 is 6.21 Å². The van der Waals surface area contributed by atoms with E-state index in [1.807, 2.05) is 13.0 Å². The summed E-state index contributed by atoms with van der Waals surface area (Å²) in [5, 5.41) is 14.3. The molecular weight excluding hydrogens is 180 g/mol. The molecule has 4 heteroatoms. The molecule has 0 heterocycles. The van der Waals surface area contributed by atoms with Gasteiger partial charge in [-0.15, -0.1) is 0 Å². The van der Waals surface area contributed by atoms with Crippen molar-refractivity contribution in [1.82, 2.24) is 5.48 Å². The Balaban J connectivity index is 0. The average molecular weight is 198 g/mol. The van der Waals surface area contributed by atoms with Crippen molar-refractivity contribution in [2.75, 3.05) is 14.2 Å². The highest BCUT2D eigenvalue weighted by Gasteiger charge is 1.84. The van der Waals surface area contributed by atoms with Crippen LogP contribution in [0.5, 0.6) is 0 Å². The van der Waals surface area contributed by atoms with E-state index < -0.39 is 0 Å². The van der Waals surface area contributed by atoms with Crippen LogP contribution in [-0.2, 0) is 4.74 Å². The number of hydrogen-bond donors (Lipinski definition) is 3. The molecule has 0 amide bonds. The second kappa shape index (κ2) is 11.6. The first-order valence-corrected chi connectivity index (χ1v) is 4.04. The zero-order valence-corrected chi connectivity index (χ0v) is 8.87. The van der Waals surface area contributed by atoms with Crippen LogP contribution in [-0.4, -0.2) is 25.6 Å². The molecule has 0 atom stereocenters. The smallest absolute Gasteiger partial charge is 0.111 e. The highest BCUT2D eigenvalue weighted by molar-refractivity contribution is 5.79. The highest BCUT2D eigenvalue weighted by atomic mass is 16.5. The number of methoxy groups -OCH3 is 1. The van der Waals surface area contributed by atoms with Gasteiger partial charge in [-0.3, -0.25) is 0 Å². The Labute approximate surface area is 85.1 Å². The van der Waals surface area contributed by atoms with E-state index >= 15 is 0 Å². The van der Waals surface area contributed by atoms with Crippen LogP contribution < -0.4 is 5.48 Å². The maximum absolute atomic E-state index is 7.32. The summed E-state index contributed by atoms with van der Waals surface area (Å²) in [6, 6.07) is 0. The van der Waals surface area contributed by atoms with Gasteiger partial charge in [-0.05, 0) is 18.6 Å². The summed E-state index contributed by atoms with van der Waals surface area (Å²) in [6.07, 6.45) is 6.62. The molecule has 0 aromatic heterocycles. The van der Waals surface area contributed by atoms with E-state index in [1.165, 1.54) is 13.3 Å². The first-order chi connectivity index (χ1) is 6.65. The van der Waals surface area contributed by atoms with Gasteiger partial charge in [-0.2, -0.15) is 0 Å². The van der Waals surface area contributed by atoms with Crippen molar-refractivity contribution in [1.29, 1.82) is 5.41 Å². The molecule has 0 radical (unpaired) electrons. The van der Waals surface area contributed by atoms with Crippen molar-refractivity contribution in [3.05, 3.63) is 36.1 Å². The lowest BCUT2D eigenvalue weighted by Crippen LogP contribution is -1.91. The summed E-state index contributed by atoms with van der Waals surface area (Å²) in [5.41, 5.74) is 2.59. The molecule has 0 bridgehead atoms. The van der Waals surface area contributed by atoms with E-state index in [0.29, 0.717) is 5.76 Å². The standard InChI is InChI=1S/C9H13NO.CH5NO/c1-4-9(7-10)6-5-8(2)11-3;1-2-3/h4-7,10H,2H2,1,3H3;2-3H,1H3/b6-5-,9-4+,10-7?;. The van der Waals surface area contributed by atoms with E-state index in [1.54, 1.807) is 24.7 Å². The van der Waals surface area contributed by atoms with Crippen molar-refractivity contribution in [3.63, 3.8) is 0 Å². The van der Waals surface area contributed by atoms with E-state index in [-0.39, 0.29) is 0 Å². The third-order valence-corrected chi connectivity index (χ3v) is 1.22. The lowest BCUT2D eigenvalue weighted by molar-refractivity contribution is 0.194. The Kier molecular flexibility index (Phi) is 12.5. The molecule has 0 aliphatic carbocycles. The lowest BCUT2D eigenvalue weighted by atomic mass is 10.2. The SMILES string of the molecule is C=C(/C=C\C(C=N)=C/C)OC.CNO. The molecule has 0 fully saturated rings. The monoisotopic (exact) mass is 198 g/mol. The van der Waals surface area contributed by atoms with Crippen LogP contribution >= 0.6 is 0 Å². The van der Waals surface area contributed by atoms with E-state index in [0.717, 1.165) is 5.57 Å². The van der Waals surface area contributed by atoms with Crippen LogP contribution in [0, 0.1) is 5.41 Å². The predicted molar refractivity (Wildman–Crippen MR) is 58.7 cm³/mol. The van der Waals surface area contributed by atoms with Gasteiger partial charge in [0.1, 0.15) is 5.76 Å². The Hall–Kier alpha value is -1.39. The van der Waals surface area contributed by atoms with Crippen molar-refractivity contribution in [2.45, 2.75) is 6.92 Å². The van der Waals surface area contributed by atoms with Gasteiger partial charge in [0.05, 0.1) is 7.11 Å². The topological polar surface area (TPSA) is 65.3 Å². The van der Waals surface area contributed by atoms with Gasteiger partial charge in [0.2, 0.25) is 0 Å². The van der Waals surface area contributed by atoms with E-state index in [2.05, 4.69) is 6.58 Å². The van der Waals surface area contributed by atoms with Crippen LogP contribution in [0.4, 0.5) is 0 Å². The van der Waals surface area contributed by atoms with E-state index in [4.69, 9.17) is 15.4 Å². The van der Waals surface area contributed by atoms with Crippen LogP contribution in [0.15, 0.2) is 36.1 Å². The Bertz CT molecular complexity index is 220. The third-order valence-electron chi connectivity index (χ3n) is 1.22. The van der Waals surface area contributed by atoms with Gasteiger partial charge in [-0.1, -0.05) is 18.7 Å². The van der Waals surface area contributed by atoms with Crippen molar-refractivity contribution in [3.8, 4) is 0 Å². The fraction of sp³-hybridized carbons (Fsp3) is 0.300. The molecule has 14 heavy (non-hydrogen) atoms. The maximum Gasteiger partial charge on any atom is 0.111 e. The molecule has 3 N–H and O–H groups in total. The minimum Gasteiger partial charge on any atom is -0.497 e. The van der Waals surface area contributed by atoms with E-state index in [9.17, 15) is 0 Å². The number of hydroxylamine groups is 1. The number of allylic oxidation sites excluding steroid dienone is 4. The molecule has 0 saturated carbocycles. The Morgan fingerprint density at radius 2 is 2.00 bits per heavy atom. The number of hydrogen-bond acceptors (Lipinski definition) is 4. The zero-order chi connectivity index (χ0) is 11.4. The summed E-state index contributed by atoms with van der Waals surface area (Å²) in [7, 11) is 2.99. The molecule has 0 aliphatic heterocycles. The summed E-state index contributed by atoms with van der Waals surface area (Å²) >= 11 is 0. The van der Waals surface area contributed by atoms with Gasteiger partial charge in [0.25, 0.3) is 0 Å². The minimum absolute atomic E-state index is 0.589. The highest BCUT2D eigenvalue weighted by Crippen LogP contribution is 1.97. The number of nitrogens with one attached hydrogen (secondary N) is 2. The van der Waals surface area contributed by atoms with Gasteiger partial charge >= 0.3 is 0 Å². The second-order valence-corrected chi connectivity index (χ2v) is 2.16. The van der Waals surface area contributed by atoms with Gasteiger partial charge in [0.15, 0.2) is 0 Å². The summed E-state index contributed by atoms with van der Waals surface area (Å²) in [6.45, 7) is 5.48. The molecule has 0 saturated heterocycles. The lowest BCUT2D eigenvalue weighted by Gasteiger charge is -1.95.